The molecular weight excluding hydrogens is 767 g/mol. The molecule has 1 aliphatic rings. The molecule has 3 N–H and O–H groups in total. The van der Waals surface area contributed by atoms with E-state index in [9.17, 15) is 19.3 Å². The molecule has 0 radical (unpaired) electrons. The quantitative estimate of drug-likeness (QED) is 0.0618. The Labute approximate surface area is 343 Å². The minimum atomic E-state index is -1.79. The first kappa shape index (κ1) is 46.8. The highest BCUT2D eigenvalue weighted by atomic mass is 31.2. The Morgan fingerprint density at radius 1 is 0.759 bits per heavy atom. The van der Waals surface area contributed by atoms with Gasteiger partial charge in [0.25, 0.3) is 0 Å². The lowest BCUT2D eigenvalue weighted by Crippen LogP contribution is -2.33. The maximum absolute atomic E-state index is 13.8. The van der Waals surface area contributed by atoms with Crippen LogP contribution >= 0.6 is 8.60 Å². The van der Waals surface area contributed by atoms with Gasteiger partial charge in [0, 0.05) is 43.0 Å². The van der Waals surface area contributed by atoms with Gasteiger partial charge >= 0.3 is 8.60 Å². The van der Waals surface area contributed by atoms with Crippen molar-refractivity contribution in [3.8, 4) is 22.5 Å². The highest BCUT2D eigenvalue weighted by Gasteiger charge is 2.29. The number of aromatic nitrogens is 3. The molecule has 17 heteroatoms. The molecule has 2 aromatic carbocycles. The Morgan fingerprint density at radius 2 is 1.41 bits per heavy atom. The maximum Gasteiger partial charge on any atom is 0.329 e. The minimum Gasteiger partial charge on any atom is -0.379 e. The zero-order chi connectivity index (χ0) is 41.4. The number of hydrogen-bond acceptors (Lipinski definition) is 12. The SMILES string of the molecule is CCOP(O)OCCCCCCNC(=O)CCC(=O)N1Cc2ccccc2-c2c(nnn2CCOCCOCCOCCOCCC(=O)NC(C)C)-c2ccccc21. The van der Waals surface area contributed by atoms with E-state index in [-0.39, 0.29) is 36.6 Å². The van der Waals surface area contributed by atoms with Crippen molar-refractivity contribution in [1.29, 1.82) is 0 Å². The molecule has 4 rings (SSSR count). The third kappa shape index (κ3) is 16.4. The number of anilines is 1. The van der Waals surface area contributed by atoms with Crippen LogP contribution < -0.4 is 15.5 Å². The van der Waals surface area contributed by atoms with Crippen LogP contribution in [0.2, 0.25) is 0 Å². The lowest BCUT2D eigenvalue weighted by molar-refractivity contribution is -0.125. The van der Waals surface area contributed by atoms with Crippen molar-refractivity contribution < 1.29 is 47.3 Å². The first-order chi connectivity index (χ1) is 28.3. The summed E-state index contributed by atoms with van der Waals surface area (Å²) < 4.78 is 34.6. The monoisotopic (exact) mass is 828 g/mol. The fourth-order valence-electron chi connectivity index (χ4n) is 6.21. The van der Waals surface area contributed by atoms with Gasteiger partial charge in [-0.2, -0.15) is 0 Å². The van der Waals surface area contributed by atoms with Gasteiger partial charge in [-0.25, -0.2) is 4.68 Å². The summed E-state index contributed by atoms with van der Waals surface area (Å²) in [5, 5.41) is 14.9. The van der Waals surface area contributed by atoms with E-state index < -0.39 is 8.60 Å². The van der Waals surface area contributed by atoms with Gasteiger partial charge in [-0.05, 0) is 45.2 Å². The van der Waals surface area contributed by atoms with Crippen molar-refractivity contribution >= 4 is 32.0 Å². The second kappa shape index (κ2) is 27.0. The van der Waals surface area contributed by atoms with E-state index in [0.717, 1.165) is 48.1 Å². The molecule has 3 aromatic rings. The van der Waals surface area contributed by atoms with E-state index in [0.29, 0.717) is 104 Å². The molecule has 1 aliphatic heterocycles. The van der Waals surface area contributed by atoms with Gasteiger partial charge in [0.15, 0.2) is 0 Å². The second-order valence-electron chi connectivity index (χ2n) is 13.8. The molecule has 2 heterocycles. The first-order valence-corrected chi connectivity index (χ1v) is 21.4. The summed E-state index contributed by atoms with van der Waals surface area (Å²) >= 11 is 0. The van der Waals surface area contributed by atoms with Crippen LogP contribution in [-0.2, 0) is 55.5 Å². The molecule has 1 unspecified atom stereocenters. The number of benzene rings is 2. The molecule has 0 fully saturated rings. The molecule has 1 aromatic heterocycles. The molecule has 0 bridgehead atoms. The van der Waals surface area contributed by atoms with Gasteiger partial charge in [-0.3, -0.25) is 14.4 Å². The molecule has 3 amide bonds. The number of nitrogens with one attached hydrogen (secondary N) is 2. The molecule has 320 valence electrons. The largest absolute Gasteiger partial charge is 0.379 e. The molecule has 0 spiro atoms. The standard InChI is InChI=1S/C41H61N6O10P/c1-4-56-58(51)57-22-12-6-5-11-20-42-37(48)17-18-39(50)46-31-33-13-7-8-14-34(33)41-40(35-15-9-10-16-36(35)46)44-45-47(41)21-24-53-26-28-55-30-29-54-27-25-52-23-19-38(49)43-32(2)3/h7-10,13-16,32,51H,4-6,11-12,17-31H2,1-3H3,(H,42,48)(H,43,49). The van der Waals surface area contributed by atoms with E-state index >= 15 is 0 Å². The summed E-state index contributed by atoms with van der Waals surface area (Å²) in [6, 6.07) is 15.7. The van der Waals surface area contributed by atoms with Gasteiger partial charge in [-0.15, -0.1) is 5.10 Å². The van der Waals surface area contributed by atoms with Crippen LogP contribution in [0.25, 0.3) is 22.5 Å². The number of ether oxygens (including phenoxy) is 4. The summed E-state index contributed by atoms with van der Waals surface area (Å²) in [5.74, 6) is -0.334. The number of amides is 3. The smallest absolute Gasteiger partial charge is 0.329 e. The average Bonchev–Trinajstić information content (AvgIpc) is 3.62. The van der Waals surface area contributed by atoms with Gasteiger partial charge in [0.1, 0.15) is 5.69 Å². The highest BCUT2D eigenvalue weighted by molar-refractivity contribution is 7.40. The van der Waals surface area contributed by atoms with Crippen molar-refractivity contribution in [3.63, 3.8) is 0 Å². The number of nitrogens with zero attached hydrogens (tertiary/aromatic N) is 4. The number of fused-ring (bicyclic) bond motifs is 5. The van der Waals surface area contributed by atoms with Crippen molar-refractivity contribution in [1.82, 2.24) is 25.6 Å². The molecular formula is C41H61N6O10P. The summed E-state index contributed by atoms with van der Waals surface area (Å²) in [4.78, 5) is 49.4. The Bertz CT molecular complexity index is 1680. The van der Waals surface area contributed by atoms with Crippen molar-refractivity contribution in [2.24, 2.45) is 0 Å². The first-order valence-electron chi connectivity index (χ1n) is 20.3. The normalized spacial score (nSPS) is 12.7. The van der Waals surface area contributed by atoms with Crippen molar-refractivity contribution in [3.05, 3.63) is 54.1 Å². The van der Waals surface area contributed by atoms with Crippen LogP contribution in [0.5, 0.6) is 0 Å². The van der Waals surface area contributed by atoms with E-state index in [4.69, 9.17) is 28.0 Å². The van der Waals surface area contributed by atoms with E-state index in [2.05, 4.69) is 20.9 Å². The lowest BCUT2D eigenvalue weighted by Gasteiger charge is -2.28. The minimum absolute atomic E-state index is 0.0210. The molecule has 1 atom stereocenters. The number of carbonyl (C=O) groups excluding carboxylic acids is 3. The Balaban J connectivity index is 1.20. The Hall–Kier alpha value is -3.86. The van der Waals surface area contributed by atoms with Crippen molar-refractivity contribution in [2.45, 2.75) is 84.8 Å². The number of unbranched alkanes of at least 4 members (excludes halogenated alkanes) is 3. The molecule has 16 nitrogen and oxygen atoms in total. The number of para-hydroxylation sites is 1. The topological polar surface area (TPSA) is 185 Å². The summed E-state index contributed by atoms with van der Waals surface area (Å²) in [6.45, 7) is 11.1. The molecule has 0 saturated heterocycles. The van der Waals surface area contributed by atoms with Crippen LogP contribution in [0.4, 0.5) is 5.69 Å². The van der Waals surface area contributed by atoms with Crippen LogP contribution in [0.15, 0.2) is 48.5 Å². The number of hydrogen-bond donors (Lipinski definition) is 3. The van der Waals surface area contributed by atoms with Crippen molar-refractivity contribution in [2.75, 3.05) is 77.5 Å². The molecule has 58 heavy (non-hydrogen) atoms. The number of carbonyl (C=O) groups is 3. The number of rotatable bonds is 29. The predicted molar refractivity (Wildman–Crippen MR) is 221 cm³/mol. The van der Waals surface area contributed by atoms with E-state index in [1.165, 1.54) is 0 Å². The van der Waals surface area contributed by atoms with Gasteiger partial charge in [-0.1, -0.05) is 60.5 Å². The second-order valence-corrected chi connectivity index (χ2v) is 14.8. The third-order valence-corrected chi connectivity index (χ3v) is 9.86. The van der Waals surface area contributed by atoms with E-state index in [1.807, 2.05) is 67.1 Å². The predicted octanol–water partition coefficient (Wildman–Crippen LogP) is 5.17. The van der Waals surface area contributed by atoms with Crippen LogP contribution in [0.3, 0.4) is 0 Å². The van der Waals surface area contributed by atoms with Crippen LogP contribution in [0.1, 0.15) is 71.3 Å². The Morgan fingerprint density at radius 3 is 2.14 bits per heavy atom. The Kier molecular flexibility index (Phi) is 21.8. The fraction of sp³-hybridized carbons (Fsp3) is 0.585. The summed E-state index contributed by atoms with van der Waals surface area (Å²) in [5.41, 5.74) is 4.89. The summed E-state index contributed by atoms with van der Waals surface area (Å²) in [7, 11) is -1.79. The zero-order valence-electron chi connectivity index (χ0n) is 34.2. The van der Waals surface area contributed by atoms with Crippen LogP contribution in [0, 0.1) is 0 Å². The fourth-order valence-corrected chi connectivity index (χ4v) is 6.79. The lowest BCUT2D eigenvalue weighted by atomic mass is 9.95. The van der Waals surface area contributed by atoms with Gasteiger partial charge in [0.2, 0.25) is 17.7 Å². The summed E-state index contributed by atoms with van der Waals surface area (Å²) in [6.07, 6.45) is 3.93. The molecule has 0 saturated carbocycles. The average molecular weight is 829 g/mol. The maximum atomic E-state index is 13.8. The molecule has 0 aliphatic carbocycles. The highest BCUT2D eigenvalue weighted by Crippen LogP contribution is 2.41. The third-order valence-electron chi connectivity index (χ3n) is 8.97. The van der Waals surface area contributed by atoms with Crippen LogP contribution in [-0.4, -0.2) is 116 Å². The van der Waals surface area contributed by atoms with Gasteiger partial charge < -0.3 is 48.4 Å². The van der Waals surface area contributed by atoms with Gasteiger partial charge in [0.05, 0.1) is 90.5 Å². The zero-order valence-corrected chi connectivity index (χ0v) is 35.1. The van der Waals surface area contributed by atoms with E-state index in [1.54, 1.807) is 11.8 Å².